The highest BCUT2D eigenvalue weighted by molar-refractivity contribution is 6.34. The maximum atomic E-state index is 12.6. The Morgan fingerprint density at radius 2 is 0.882 bits per heavy atom. The van der Waals surface area contributed by atoms with E-state index in [-0.39, 0.29) is 30.2 Å². The van der Waals surface area contributed by atoms with Gasteiger partial charge in [0, 0.05) is 125 Å². The SMILES string of the molecule is CCCNc1cc(C(=O)Nc2ccc(Cl)c(-c3ccccn3)c2)ccn1.CN(C)CCCCc1ccc(C(=O)Nc2ccc(Cl)c(-c3ccccn3)c2)cc1.Cc1nc(NCCO)ccc1C(=O)Nc1ccc(Cl)c(-c2ccccn2)c1.O=C(Nc1ccc(Cl)c(-c2ccccn2)c1)c1ccc(N2CCOCC2)cc1. The molecule has 4 amide bonds. The number of aliphatic hydroxyl groups is 1. The number of halogens is 4. The maximum Gasteiger partial charge on any atom is 0.257 e. The van der Waals surface area contributed by atoms with Gasteiger partial charge in [0.2, 0.25) is 0 Å². The van der Waals surface area contributed by atoms with E-state index in [1.54, 1.807) is 117 Å². The van der Waals surface area contributed by atoms with Crippen LogP contribution in [0.4, 0.5) is 40.1 Å². The summed E-state index contributed by atoms with van der Waals surface area (Å²) in [5.74, 6) is 0.525. The molecule has 13 rings (SSSR count). The fourth-order valence-electron chi connectivity index (χ4n) is 11.3. The van der Waals surface area contributed by atoms with Gasteiger partial charge < -0.3 is 51.5 Å². The number of hydrogen-bond donors (Lipinski definition) is 7. The Hall–Kier alpha value is -11.5. The van der Waals surface area contributed by atoms with Gasteiger partial charge in [-0.25, -0.2) is 9.97 Å². The zero-order valence-electron chi connectivity index (χ0n) is 61.2. The Kier molecular flexibility index (Phi) is 30.8. The van der Waals surface area contributed by atoms with Gasteiger partial charge in [-0.15, -0.1) is 0 Å². The number of amides is 4. The summed E-state index contributed by atoms with van der Waals surface area (Å²) in [6.07, 6.45) is 12.8. The number of aryl methyl sites for hydroxylation is 2. The quantitative estimate of drug-likeness (QED) is 0.0278. The fraction of sp³-hybridized carbons (Fsp3) is 0.186. The molecule has 1 aliphatic heterocycles. The minimum atomic E-state index is -0.261. The molecule has 562 valence electrons. The third kappa shape index (κ3) is 24.3. The maximum absolute atomic E-state index is 12.6. The van der Waals surface area contributed by atoms with Crippen molar-refractivity contribution in [1.29, 1.82) is 0 Å². The number of morpholine rings is 1. The summed E-state index contributed by atoms with van der Waals surface area (Å²) in [4.78, 5) is 80.8. The number of benzene rings is 6. The van der Waals surface area contributed by atoms with E-state index >= 15 is 0 Å². The van der Waals surface area contributed by atoms with E-state index in [4.69, 9.17) is 56.2 Å². The molecule has 7 N–H and O–H groups in total. The van der Waals surface area contributed by atoms with Crippen molar-refractivity contribution in [3.63, 3.8) is 0 Å². The lowest BCUT2D eigenvalue weighted by atomic mass is 10.1. The average molecular weight is 1550 g/mol. The van der Waals surface area contributed by atoms with Crippen molar-refractivity contribution in [3.05, 3.63) is 303 Å². The molecule has 1 aliphatic rings. The number of pyridine rings is 6. The van der Waals surface area contributed by atoms with Crippen LogP contribution in [0.1, 0.15) is 78.9 Å². The van der Waals surface area contributed by atoms with Crippen LogP contribution in [0.25, 0.3) is 45.0 Å². The molecule has 110 heavy (non-hydrogen) atoms. The van der Waals surface area contributed by atoms with Crippen LogP contribution in [-0.4, -0.2) is 130 Å². The Labute approximate surface area is 660 Å². The van der Waals surface area contributed by atoms with Gasteiger partial charge in [0.05, 0.1) is 73.9 Å². The summed E-state index contributed by atoms with van der Waals surface area (Å²) in [6.45, 7) is 9.36. The van der Waals surface area contributed by atoms with Gasteiger partial charge in [0.15, 0.2) is 0 Å². The smallest absolute Gasteiger partial charge is 0.257 e. The lowest BCUT2D eigenvalue weighted by Crippen LogP contribution is -2.36. The minimum absolute atomic E-state index is 0.0120. The lowest BCUT2D eigenvalue weighted by Gasteiger charge is -2.28. The van der Waals surface area contributed by atoms with Crippen LogP contribution in [-0.2, 0) is 11.2 Å². The van der Waals surface area contributed by atoms with Gasteiger partial charge >= 0.3 is 0 Å². The van der Waals surface area contributed by atoms with Crippen LogP contribution in [0.5, 0.6) is 0 Å². The van der Waals surface area contributed by atoms with Crippen molar-refractivity contribution in [3.8, 4) is 45.0 Å². The van der Waals surface area contributed by atoms with Gasteiger partial charge in [0.1, 0.15) is 11.6 Å². The first-order chi connectivity index (χ1) is 53.5. The molecule has 0 saturated carbocycles. The molecule has 6 aromatic carbocycles. The third-order valence-electron chi connectivity index (χ3n) is 17.0. The molecule has 0 bridgehead atoms. The van der Waals surface area contributed by atoms with Crippen LogP contribution in [0.15, 0.2) is 249 Å². The molecule has 0 unspecified atom stereocenters. The van der Waals surface area contributed by atoms with E-state index in [1.165, 1.54) is 12.0 Å². The van der Waals surface area contributed by atoms with Crippen molar-refractivity contribution in [1.82, 2.24) is 34.8 Å². The molecule has 20 nitrogen and oxygen atoms in total. The highest BCUT2D eigenvalue weighted by Gasteiger charge is 2.18. The second-order valence-electron chi connectivity index (χ2n) is 25.4. The molecule has 1 fully saturated rings. The van der Waals surface area contributed by atoms with Gasteiger partial charge in [-0.3, -0.25) is 39.1 Å². The molecule has 7 heterocycles. The van der Waals surface area contributed by atoms with E-state index in [1.807, 2.05) is 140 Å². The molecular formula is C86H84Cl4N14O6. The Morgan fingerprint density at radius 1 is 0.455 bits per heavy atom. The van der Waals surface area contributed by atoms with Crippen LogP contribution < -0.4 is 36.8 Å². The summed E-state index contributed by atoms with van der Waals surface area (Å²) in [6, 6.07) is 66.2. The van der Waals surface area contributed by atoms with E-state index in [0.717, 1.165) is 109 Å². The predicted octanol–water partition coefficient (Wildman–Crippen LogP) is 18.7. The number of hydrogen-bond acceptors (Lipinski definition) is 16. The first kappa shape index (κ1) is 81.1. The summed E-state index contributed by atoms with van der Waals surface area (Å²) in [7, 11) is 4.18. The number of carbonyl (C=O) groups excluding carboxylic acids is 4. The van der Waals surface area contributed by atoms with Crippen molar-refractivity contribution in [2.24, 2.45) is 0 Å². The van der Waals surface area contributed by atoms with Gasteiger partial charge in [-0.1, -0.05) is 89.7 Å². The number of ether oxygens (including phenoxy) is 1. The second kappa shape index (κ2) is 41.8. The molecule has 0 radical (unpaired) electrons. The van der Waals surface area contributed by atoms with Crippen molar-refractivity contribution in [2.45, 2.75) is 39.5 Å². The zero-order chi connectivity index (χ0) is 77.6. The molecular weight excluding hydrogens is 1470 g/mol. The first-order valence-electron chi connectivity index (χ1n) is 35.8. The van der Waals surface area contributed by atoms with Crippen LogP contribution in [0.3, 0.4) is 0 Å². The van der Waals surface area contributed by atoms with Crippen molar-refractivity contribution >= 4 is 110 Å². The van der Waals surface area contributed by atoms with Gasteiger partial charge in [-0.2, -0.15) is 0 Å². The van der Waals surface area contributed by atoms with E-state index in [9.17, 15) is 19.2 Å². The normalized spacial score (nSPS) is 11.5. The predicted molar refractivity (Wildman–Crippen MR) is 446 cm³/mol. The number of aromatic nitrogens is 6. The summed E-state index contributed by atoms with van der Waals surface area (Å²) in [5.41, 5.74) is 13.9. The fourth-order valence-corrected chi connectivity index (χ4v) is 12.2. The number of nitrogens with one attached hydrogen (secondary N) is 6. The average Bonchev–Trinajstić information content (AvgIpc) is 0.835. The number of anilines is 7. The molecule has 12 aromatic rings. The minimum Gasteiger partial charge on any atom is -0.395 e. The van der Waals surface area contributed by atoms with E-state index < -0.39 is 0 Å². The Morgan fingerprint density at radius 3 is 1.29 bits per heavy atom. The van der Waals surface area contributed by atoms with Crippen molar-refractivity contribution < 1.29 is 29.0 Å². The molecule has 1 saturated heterocycles. The third-order valence-corrected chi connectivity index (χ3v) is 18.3. The lowest BCUT2D eigenvalue weighted by molar-refractivity contribution is 0.101. The molecule has 0 aliphatic carbocycles. The zero-order valence-corrected chi connectivity index (χ0v) is 64.3. The standard InChI is InChI=1S/C24H26ClN3O.C22H20ClN3O2.C20H19ClN4O2.C20H19ClN4O/c1-28(2)16-6-4-7-18-9-11-19(12-10-18)24(29)27-20-13-14-22(25)21(17-20)23-8-3-5-15-26-23;23-20-9-6-17(15-19(20)21-3-1-2-10-24-21)25-22(27)16-4-7-18(8-5-16)26-11-13-28-14-12-26;1-13-15(6-8-19(24-13)23-10-11-26)20(27)25-14-5-7-17(21)16(12-14)18-4-2-3-9-22-18;1-2-9-23-19-12-14(8-11-24-19)20(26)25-15-6-7-17(21)16(13-15)18-5-3-4-10-22-18/h3,5,8-15,17H,4,6-7,16H2,1-2H3,(H,27,29);1-10,15H,11-14H2,(H,25,27);2-9,12,26H,10-11H2,1H3,(H,23,24)(H,25,27);3-8,10-13H,2,9H2,1H3,(H,23,24)(H,25,26). The van der Waals surface area contributed by atoms with Gasteiger partial charge in [0.25, 0.3) is 23.6 Å². The van der Waals surface area contributed by atoms with E-state index in [2.05, 4.69) is 92.6 Å². The highest BCUT2D eigenvalue weighted by atomic mass is 35.5. The Bertz CT molecular complexity index is 5000. The number of aliphatic hydroxyl groups excluding tert-OH is 1. The van der Waals surface area contributed by atoms with Crippen molar-refractivity contribution in [2.75, 3.05) is 103 Å². The molecule has 0 atom stereocenters. The summed E-state index contributed by atoms with van der Waals surface area (Å²) >= 11 is 25.2. The van der Waals surface area contributed by atoms with Crippen LogP contribution in [0, 0.1) is 6.92 Å². The van der Waals surface area contributed by atoms with Gasteiger partial charge in [-0.05, 0) is 241 Å². The molecule has 0 spiro atoms. The largest absolute Gasteiger partial charge is 0.395 e. The number of rotatable bonds is 24. The van der Waals surface area contributed by atoms with Crippen LogP contribution >= 0.6 is 46.4 Å². The summed E-state index contributed by atoms with van der Waals surface area (Å²) < 4.78 is 5.38. The second-order valence-corrected chi connectivity index (χ2v) is 27.0. The number of carbonyl (C=O) groups is 4. The summed E-state index contributed by atoms with van der Waals surface area (Å²) in [5, 5.41) is 29.0. The highest BCUT2D eigenvalue weighted by Crippen LogP contribution is 2.34. The topological polar surface area (TPSA) is 254 Å². The number of nitrogens with zero attached hydrogens (tertiary/aromatic N) is 8. The van der Waals surface area contributed by atoms with Crippen LogP contribution in [0.2, 0.25) is 20.1 Å². The first-order valence-corrected chi connectivity index (χ1v) is 37.3. The van der Waals surface area contributed by atoms with E-state index in [0.29, 0.717) is 89.0 Å². The molecule has 24 heteroatoms. The molecule has 6 aromatic heterocycles. The number of unbranched alkanes of at least 4 members (excludes halogenated alkanes) is 1. The monoisotopic (exact) mass is 1550 g/mol. The Balaban J connectivity index is 0.000000156.